The molecule has 2 heterocycles. The molecule has 2 aromatic rings. The lowest BCUT2D eigenvalue weighted by atomic mass is 10.1. The number of hydrogen-bond acceptors (Lipinski definition) is 2. The summed E-state index contributed by atoms with van der Waals surface area (Å²) < 4.78 is 0. The van der Waals surface area contributed by atoms with Gasteiger partial charge in [-0.3, -0.25) is 10.00 Å². The van der Waals surface area contributed by atoms with Crippen LogP contribution in [0.5, 0.6) is 0 Å². The second-order valence-electron chi connectivity index (χ2n) is 5.33. The van der Waals surface area contributed by atoms with Crippen LogP contribution >= 0.6 is 0 Å². The van der Waals surface area contributed by atoms with Crippen LogP contribution in [0, 0.1) is 0 Å². The number of H-pyrrole nitrogens is 1. The molecule has 0 atom stereocenters. The predicted molar refractivity (Wildman–Crippen MR) is 77.8 cm³/mol. The van der Waals surface area contributed by atoms with Crippen LogP contribution in [0.25, 0.3) is 11.3 Å². The van der Waals surface area contributed by atoms with E-state index in [1.165, 1.54) is 55.6 Å². The molecule has 0 saturated carbocycles. The van der Waals surface area contributed by atoms with Crippen molar-refractivity contribution in [1.29, 1.82) is 0 Å². The number of aromatic nitrogens is 2. The molecule has 0 bridgehead atoms. The molecule has 3 rings (SSSR count). The average molecular weight is 255 g/mol. The Bertz CT molecular complexity index is 496. The van der Waals surface area contributed by atoms with Gasteiger partial charge in [0.05, 0.1) is 11.9 Å². The second kappa shape index (κ2) is 6.02. The first-order chi connectivity index (χ1) is 9.43. The van der Waals surface area contributed by atoms with Crippen LogP contribution in [0.1, 0.15) is 31.2 Å². The number of benzene rings is 1. The summed E-state index contributed by atoms with van der Waals surface area (Å²) in [6.07, 6.45) is 7.41. The third-order valence-corrected chi connectivity index (χ3v) is 3.87. The van der Waals surface area contributed by atoms with Crippen molar-refractivity contribution < 1.29 is 0 Å². The van der Waals surface area contributed by atoms with Gasteiger partial charge >= 0.3 is 0 Å². The number of aromatic amines is 1. The molecule has 0 unspecified atom stereocenters. The van der Waals surface area contributed by atoms with E-state index in [0.717, 1.165) is 6.54 Å². The first kappa shape index (κ1) is 12.4. The lowest BCUT2D eigenvalue weighted by Gasteiger charge is -2.19. The van der Waals surface area contributed by atoms with Crippen molar-refractivity contribution in [2.24, 2.45) is 0 Å². The van der Waals surface area contributed by atoms with Crippen molar-refractivity contribution in [3.05, 3.63) is 42.1 Å². The monoisotopic (exact) mass is 255 g/mol. The SMILES string of the molecule is c1ccc(-c2[nH]ncc2CN2CCCCCC2)cc1. The van der Waals surface area contributed by atoms with Gasteiger partial charge in [-0.05, 0) is 31.5 Å². The molecule has 1 N–H and O–H groups in total. The Morgan fingerprint density at radius 2 is 1.74 bits per heavy atom. The second-order valence-corrected chi connectivity index (χ2v) is 5.33. The number of nitrogens with zero attached hydrogens (tertiary/aromatic N) is 2. The third kappa shape index (κ3) is 3.04. The van der Waals surface area contributed by atoms with Gasteiger partial charge in [-0.25, -0.2) is 0 Å². The maximum Gasteiger partial charge on any atom is 0.0695 e. The summed E-state index contributed by atoms with van der Waals surface area (Å²) in [5.41, 5.74) is 3.71. The lowest BCUT2D eigenvalue weighted by molar-refractivity contribution is 0.277. The van der Waals surface area contributed by atoms with E-state index in [2.05, 4.69) is 39.4 Å². The van der Waals surface area contributed by atoms with Crippen LogP contribution in [0.3, 0.4) is 0 Å². The molecule has 1 fully saturated rings. The maximum atomic E-state index is 4.24. The molecule has 100 valence electrons. The zero-order chi connectivity index (χ0) is 12.9. The number of likely N-dealkylation sites (tertiary alicyclic amines) is 1. The van der Waals surface area contributed by atoms with Crippen molar-refractivity contribution in [3.63, 3.8) is 0 Å². The topological polar surface area (TPSA) is 31.9 Å². The Morgan fingerprint density at radius 1 is 1.00 bits per heavy atom. The largest absolute Gasteiger partial charge is 0.299 e. The molecule has 1 aromatic carbocycles. The molecule has 1 aromatic heterocycles. The van der Waals surface area contributed by atoms with E-state index in [-0.39, 0.29) is 0 Å². The molecule has 0 aliphatic carbocycles. The van der Waals surface area contributed by atoms with Gasteiger partial charge in [-0.2, -0.15) is 5.10 Å². The Morgan fingerprint density at radius 3 is 2.47 bits per heavy atom. The Hall–Kier alpha value is -1.61. The summed E-state index contributed by atoms with van der Waals surface area (Å²) >= 11 is 0. The summed E-state index contributed by atoms with van der Waals surface area (Å²) in [6, 6.07) is 10.5. The van der Waals surface area contributed by atoms with Crippen molar-refractivity contribution in [2.75, 3.05) is 13.1 Å². The minimum absolute atomic E-state index is 1.01. The fraction of sp³-hybridized carbons (Fsp3) is 0.438. The highest BCUT2D eigenvalue weighted by molar-refractivity contribution is 5.62. The maximum absolute atomic E-state index is 4.24. The molecular weight excluding hydrogens is 234 g/mol. The van der Waals surface area contributed by atoms with E-state index >= 15 is 0 Å². The number of nitrogens with one attached hydrogen (secondary N) is 1. The summed E-state index contributed by atoms with van der Waals surface area (Å²) in [5, 5.41) is 7.39. The van der Waals surface area contributed by atoms with Crippen molar-refractivity contribution >= 4 is 0 Å². The van der Waals surface area contributed by atoms with E-state index < -0.39 is 0 Å². The highest BCUT2D eigenvalue weighted by Crippen LogP contribution is 2.22. The highest BCUT2D eigenvalue weighted by atomic mass is 15.1. The molecule has 0 radical (unpaired) electrons. The molecule has 3 nitrogen and oxygen atoms in total. The van der Waals surface area contributed by atoms with E-state index in [1.807, 2.05) is 12.3 Å². The van der Waals surface area contributed by atoms with Gasteiger partial charge in [0.25, 0.3) is 0 Å². The van der Waals surface area contributed by atoms with Gasteiger partial charge in [-0.15, -0.1) is 0 Å². The molecule has 1 saturated heterocycles. The molecular formula is C16H21N3. The van der Waals surface area contributed by atoms with Crippen LogP contribution in [0.2, 0.25) is 0 Å². The number of rotatable bonds is 3. The van der Waals surface area contributed by atoms with E-state index in [4.69, 9.17) is 0 Å². The fourth-order valence-electron chi connectivity index (χ4n) is 2.82. The Balaban J connectivity index is 1.76. The standard InChI is InChI=1S/C16H21N3/c1-2-7-11-19(10-6-1)13-15-12-17-18-16(15)14-8-4-3-5-9-14/h3-5,8-9,12H,1-2,6-7,10-11,13H2,(H,17,18). The predicted octanol–water partition coefficient (Wildman–Crippen LogP) is 3.45. The summed E-state index contributed by atoms with van der Waals surface area (Å²) in [5.74, 6) is 0. The Labute approximate surface area is 114 Å². The lowest BCUT2D eigenvalue weighted by Crippen LogP contribution is -2.24. The van der Waals surface area contributed by atoms with E-state index in [9.17, 15) is 0 Å². The third-order valence-electron chi connectivity index (χ3n) is 3.87. The van der Waals surface area contributed by atoms with Gasteiger partial charge in [0.1, 0.15) is 0 Å². The van der Waals surface area contributed by atoms with Crippen LogP contribution in [0.15, 0.2) is 36.5 Å². The van der Waals surface area contributed by atoms with Crippen LogP contribution in [-0.2, 0) is 6.54 Å². The summed E-state index contributed by atoms with van der Waals surface area (Å²) in [6.45, 7) is 3.46. The van der Waals surface area contributed by atoms with Gasteiger partial charge in [0, 0.05) is 12.1 Å². The minimum atomic E-state index is 1.01. The zero-order valence-corrected chi connectivity index (χ0v) is 11.3. The fourth-order valence-corrected chi connectivity index (χ4v) is 2.82. The van der Waals surface area contributed by atoms with Crippen molar-refractivity contribution in [3.8, 4) is 11.3 Å². The normalized spacial score (nSPS) is 17.3. The minimum Gasteiger partial charge on any atom is -0.299 e. The van der Waals surface area contributed by atoms with Gasteiger partial charge in [-0.1, -0.05) is 43.2 Å². The summed E-state index contributed by atoms with van der Waals surface area (Å²) in [4.78, 5) is 2.56. The smallest absolute Gasteiger partial charge is 0.0695 e. The Kier molecular flexibility index (Phi) is 3.94. The highest BCUT2D eigenvalue weighted by Gasteiger charge is 2.13. The average Bonchev–Trinajstić information content (AvgIpc) is 2.75. The first-order valence-corrected chi connectivity index (χ1v) is 7.23. The molecule has 0 spiro atoms. The summed E-state index contributed by atoms with van der Waals surface area (Å²) in [7, 11) is 0. The molecule has 3 heteroatoms. The number of hydrogen-bond donors (Lipinski definition) is 1. The van der Waals surface area contributed by atoms with Crippen molar-refractivity contribution in [2.45, 2.75) is 32.2 Å². The van der Waals surface area contributed by atoms with Gasteiger partial charge < -0.3 is 0 Å². The zero-order valence-electron chi connectivity index (χ0n) is 11.3. The molecule has 0 amide bonds. The van der Waals surface area contributed by atoms with Gasteiger partial charge in [0.2, 0.25) is 0 Å². The van der Waals surface area contributed by atoms with Crippen LogP contribution < -0.4 is 0 Å². The quantitative estimate of drug-likeness (QED) is 0.911. The first-order valence-electron chi connectivity index (χ1n) is 7.23. The van der Waals surface area contributed by atoms with E-state index in [1.54, 1.807) is 0 Å². The van der Waals surface area contributed by atoms with Crippen LogP contribution in [0.4, 0.5) is 0 Å². The van der Waals surface area contributed by atoms with Gasteiger partial charge in [0.15, 0.2) is 0 Å². The molecule has 1 aliphatic heterocycles. The van der Waals surface area contributed by atoms with Crippen LogP contribution in [-0.4, -0.2) is 28.2 Å². The molecule has 19 heavy (non-hydrogen) atoms. The van der Waals surface area contributed by atoms with Crippen molar-refractivity contribution in [1.82, 2.24) is 15.1 Å². The molecule has 1 aliphatic rings. The van der Waals surface area contributed by atoms with E-state index in [0.29, 0.717) is 0 Å².